The van der Waals surface area contributed by atoms with Crippen LogP contribution in [0.15, 0.2) is 18.3 Å². The minimum absolute atomic E-state index is 0.0626. The van der Waals surface area contributed by atoms with Crippen LogP contribution in [-0.4, -0.2) is 46.0 Å². The summed E-state index contributed by atoms with van der Waals surface area (Å²) < 4.78 is 33.1. The van der Waals surface area contributed by atoms with Gasteiger partial charge in [-0.25, -0.2) is 9.78 Å². The van der Waals surface area contributed by atoms with Crippen LogP contribution < -0.4 is 9.04 Å². The van der Waals surface area contributed by atoms with Crippen LogP contribution in [0.1, 0.15) is 10.5 Å². The smallest absolute Gasteiger partial charge is 0.360 e. The van der Waals surface area contributed by atoms with Crippen LogP contribution in [0, 0.1) is 0 Å². The van der Waals surface area contributed by atoms with Gasteiger partial charge in [0.05, 0.1) is 14.2 Å². The van der Waals surface area contributed by atoms with Crippen LogP contribution >= 0.6 is 0 Å². The van der Waals surface area contributed by atoms with Gasteiger partial charge in [0.2, 0.25) is 0 Å². The molecule has 0 spiro atoms. The van der Waals surface area contributed by atoms with Crippen molar-refractivity contribution < 1.29 is 23.0 Å². The van der Waals surface area contributed by atoms with E-state index >= 15 is 0 Å². The van der Waals surface area contributed by atoms with Gasteiger partial charge in [-0.3, -0.25) is 13.5 Å². The lowest BCUT2D eigenvalue weighted by Crippen LogP contribution is -2.22. The Balaban J connectivity index is 2.85. The number of fused-ring (bicyclic) bond motifs is 1. The first-order chi connectivity index (χ1) is 10.0. The molecule has 8 nitrogen and oxygen atoms in total. The Labute approximate surface area is 123 Å². The summed E-state index contributed by atoms with van der Waals surface area (Å²) in [5.74, 6) is -0.551. The molecule has 0 aliphatic carbocycles. The van der Waals surface area contributed by atoms with Crippen molar-refractivity contribution in [2.24, 2.45) is 0 Å². The summed E-state index contributed by atoms with van der Waals surface area (Å²) >= 11 is -2.55. The van der Waals surface area contributed by atoms with Crippen molar-refractivity contribution in [1.82, 2.24) is 9.97 Å². The molecule has 0 saturated carbocycles. The third-order valence-corrected chi connectivity index (χ3v) is 3.42. The van der Waals surface area contributed by atoms with Crippen molar-refractivity contribution in [3.05, 3.63) is 24.0 Å². The Bertz CT molecular complexity index is 721. The van der Waals surface area contributed by atoms with Crippen LogP contribution in [0.5, 0.6) is 5.75 Å². The average molecular weight is 310 g/mol. The SMILES string of the molecule is COC(=O)c1nc(N(C)S(=O)[O-])c2cccnc2c1OC. The molecule has 112 valence electrons. The Kier molecular flexibility index (Phi) is 4.34. The highest BCUT2D eigenvalue weighted by Gasteiger charge is 2.23. The van der Waals surface area contributed by atoms with E-state index in [0.29, 0.717) is 10.9 Å². The highest BCUT2D eigenvalue weighted by molar-refractivity contribution is 7.80. The molecule has 0 aliphatic rings. The normalized spacial score (nSPS) is 12.0. The number of hydrogen-bond acceptors (Lipinski definition) is 7. The zero-order chi connectivity index (χ0) is 15.6. The summed E-state index contributed by atoms with van der Waals surface area (Å²) in [5, 5.41) is 0.439. The summed E-state index contributed by atoms with van der Waals surface area (Å²) in [6.45, 7) is 0. The van der Waals surface area contributed by atoms with E-state index in [4.69, 9.17) is 4.74 Å². The van der Waals surface area contributed by atoms with Gasteiger partial charge in [0.1, 0.15) is 11.3 Å². The molecule has 2 aromatic rings. The monoisotopic (exact) mass is 310 g/mol. The van der Waals surface area contributed by atoms with E-state index in [0.717, 1.165) is 4.31 Å². The average Bonchev–Trinajstić information content (AvgIpc) is 2.51. The number of carbonyl (C=O) groups excluding carboxylic acids is 1. The van der Waals surface area contributed by atoms with Crippen molar-refractivity contribution in [3.63, 3.8) is 0 Å². The van der Waals surface area contributed by atoms with Crippen molar-refractivity contribution in [1.29, 1.82) is 0 Å². The molecule has 2 heterocycles. The molecular weight excluding hydrogens is 298 g/mol. The van der Waals surface area contributed by atoms with Gasteiger partial charge in [0.15, 0.2) is 11.4 Å². The first kappa shape index (κ1) is 15.1. The molecular formula is C12H12N3O5S-. The summed E-state index contributed by atoms with van der Waals surface area (Å²) in [4.78, 5) is 20.0. The highest BCUT2D eigenvalue weighted by atomic mass is 32.2. The van der Waals surface area contributed by atoms with Gasteiger partial charge >= 0.3 is 5.97 Å². The number of ether oxygens (including phenoxy) is 2. The van der Waals surface area contributed by atoms with Gasteiger partial charge in [-0.15, -0.1) is 0 Å². The lowest BCUT2D eigenvalue weighted by atomic mass is 10.2. The second-order valence-corrected chi connectivity index (χ2v) is 4.90. The zero-order valence-corrected chi connectivity index (χ0v) is 12.3. The molecule has 21 heavy (non-hydrogen) atoms. The molecule has 0 aliphatic heterocycles. The number of anilines is 1. The predicted molar refractivity (Wildman–Crippen MR) is 74.8 cm³/mol. The number of methoxy groups -OCH3 is 2. The molecule has 1 unspecified atom stereocenters. The Morgan fingerprint density at radius 2 is 2.14 bits per heavy atom. The summed E-state index contributed by atoms with van der Waals surface area (Å²) in [6, 6.07) is 3.27. The lowest BCUT2D eigenvalue weighted by molar-refractivity contribution is 0.0590. The van der Waals surface area contributed by atoms with E-state index in [-0.39, 0.29) is 17.3 Å². The van der Waals surface area contributed by atoms with Crippen molar-refractivity contribution in [2.75, 3.05) is 25.6 Å². The minimum Gasteiger partial charge on any atom is -0.755 e. The molecule has 0 radical (unpaired) electrons. The van der Waals surface area contributed by atoms with E-state index in [1.807, 2.05) is 0 Å². The second-order valence-electron chi connectivity index (χ2n) is 3.92. The van der Waals surface area contributed by atoms with Crippen molar-refractivity contribution >= 4 is 34.0 Å². The Morgan fingerprint density at radius 1 is 1.43 bits per heavy atom. The number of hydrogen-bond donors (Lipinski definition) is 0. The zero-order valence-electron chi connectivity index (χ0n) is 11.5. The quantitative estimate of drug-likeness (QED) is 0.603. The van der Waals surface area contributed by atoms with Crippen molar-refractivity contribution in [2.45, 2.75) is 0 Å². The summed E-state index contributed by atoms with van der Waals surface area (Å²) in [7, 11) is 3.87. The van der Waals surface area contributed by atoms with E-state index < -0.39 is 17.2 Å². The second kappa shape index (κ2) is 6.02. The third kappa shape index (κ3) is 2.65. The minimum atomic E-state index is -2.55. The fourth-order valence-electron chi connectivity index (χ4n) is 1.83. The largest absolute Gasteiger partial charge is 0.755 e. The molecule has 9 heteroatoms. The Morgan fingerprint density at radius 3 is 2.71 bits per heavy atom. The standard InChI is InChI=1S/C12H13N3O5S/c1-15(21(17)18)11-7-5-4-6-13-8(7)10(19-2)9(14-11)12(16)20-3/h4-6H,1-3H3,(H,17,18)/p-1. The van der Waals surface area contributed by atoms with Gasteiger partial charge in [-0.05, 0) is 12.1 Å². The maximum absolute atomic E-state index is 11.8. The third-order valence-electron chi connectivity index (χ3n) is 2.80. The van der Waals surface area contributed by atoms with Gasteiger partial charge in [0.25, 0.3) is 0 Å². The molecule has 0 saturated heterocycles. The lowest BCUT2D eigenvalue weighted by Gasteiger charge is -2.22. The summed E-state index contributed by atoms with van der Waals surface area (Å²) in [6.07, 6.45) is 1.50. The Hall–Kier alpha value is -2.26. The number of nitrogens with zero attached hydrogens (tertiary/aromatic N) is 3. The van der Waals surface area contributed by atoms with E-state index in [1.165, 1.54) is 27.5 Å². The fraction of sp³-hybridized carbons (Fsp3) is 0.250. The topological polar surface area (TPSA) is 105 Å². The molecule has 2 rings (SSSR count). The molecule has 0 N–H and O–H groups in total. The molecule has 0 aromatic carbocycles. The maximum atomic E-state index is 11.8. The van der Waals surface area contributed by atoms with Gasteiger partial charge in [-0.1, -0.05) is 0 Å². The van der Waals surface area contributed by atoms with Gasteiger partial charge < -0.3 is 14.0 Å². The van der Waals surface area contributed by atoms with Gasteiger partial charge in [0, 0.05) is 29.9 Å². The predicted octanol–water partition coefficient (Wildman–Crippen LogP) is 0.655. The van der Waals surface area contributed by atoms with Crippen LogP contribution in [0.25, 0.3) is 10.9 Å². The number of pyridine rings is 2. The van der Waals surface area contributed by atoms with Crippen molar-refractivity contribution in [3.8, 4) is 5.75 Å². The van der Waals surface area contributed by atoms with Gasteiger partial charge in [-0.2, -0.15) is 0 Å². The number of esters is 1. The summed E-state index contributed by atoms with van der Waals surface area (Å²) in [5.41, 5.74) is 0.182. The maximum Gasteiger partial charge on any atom is 0.360 e. The fourth-order valence-corrected chi connectivity index (χ4v) is 2.12. The van der Waals surface area contributed by atoms with E-state index in [9.17, 15) is 13.6 Å². The number of carbonyl (C=O) groups is 1. The number of rotatable bonds is 4. The molecule has 2 aromatic heterocycles. The van der Waals surface area contributed by atoms with Crippen LogP contribution in [0.3, 0.4) is 0 Å². The van der Waals surface area contributed by atoms with Crippen LogP contribution in [-0.2, 0) is 16.0 Å². The van der Waals surface area contributed by atoms with E-state index in [1.54, 1.807) is 12.1 Å². The molecule has 0 amide bonds. The number of aromatic nitrogens is 2. The molecule has 0 bridgehead atoms. The molecule has 1 atom stereocenters. The van der Waals surface area contributed by atoms with Crippen LogP contribution in [0.4, 0.5) is 5.82 Å². The van der Waals surface area contributed by atoms with Crippen LogP contribution in [0.2, 0.25) is 0 Å². The van der Waals surface area contributed by atoms with E-state index in [2.05, 4.69) is 14.7 Å². The highest BCUT2D eigenvalue weighted by Crippen LogP contribution is 2.33. The molecule has 0 fully saturated rings. The first-order valence-electron chi connectivity index (χ1n) is 5.75. The first-order valence-corrected chi connectivity index (χ1v) is 6.78.